The standard InChI is InChI=1S/C19H15ClFN3O2S/c20-16-10-15(6-7-17(16)21)27(25,26)24-9-8-18-14(12-24)11-22-19(23-18)13-4-2-1-3-5-13/h1-7,10-11H,8-9,12H2. The summed E-state index contributed by atoms with van der Waals surface area (Å²) in [4.78, 5) is 8.94. The van der Waals surface area contributed by atoms with E-state index in [-0.39, 0.29) is 23.0 Å². The molecule has 0 aliphatic carbocycles. The highest BCUT2D eigenvalue weighted by molar-refractivity contribution is 7.89. The summed E-state index contributed by atoms with van der Waals surface area (Å²) < 4.78 is 40.4. The van der Waals surface area contributed by atoms with Crippen molar-refractivity contribution in [2.75, 3.05) is 6.54 Å². The van der Waals surface area contributed by atoms with E-state index in [0.717, 1.165) is 29.0 Å². The Morgan fingerprint density at radius 1 is 1.11 bits per heavy atom. The predicted molar refractivity (Wildman–Crippen MR) is 100 cm³/mol. The van der Waals surface area contributed by atoms with Gasteiger partial charge in [0.2, 0.25) is 10.0 Å². The van der Waals surface area contributed by atoms with E-state index < -0.39 is 15.8 Å². The van der Waals surface area contributed by atoms with E-state index in [1.165, 1.54) is 10.4 Å². The van der Waals surface area contributed by atoms with Gasteiger partial charge in [0.15, 0.2) is 5.82 Å². The monoisotopic (exact) mass is 403 g/mol. The minimum absolute atomic E-state index is 0.0285. The van der Waals surface area contributed by atoms with Gasteiger partial charge in [-0.2, -0.15) is 4.31 Å². The first-order valence-electron chi connectivity index (χ1n) is 8.30. The second-order valence-corrected chi connectivity index (χ2v) is 8.54. The van der Waals surface area contributed by atoms with E-state index in [4.69, 9.17) is 11.6 Å². The molecule has 0 amide bonds. The molecule has 1 aliphatic heterocycles. The Kier molecular flexibility index (Phi) is 4.67. The first-order chi connectivity index (χ1) is 12.9. The maximum absolute atomic E-state index is 13.3. The van der Waals surface area contributed by atoms with E-state index in [9.17, 15) is 12.8 Å². The van der Waals surface area contributed by atoms with Gasteiger partial charge >= 0.3 is 0 Å². The van der Waals surface area contributed by atoms with Gasteiger partial charge in [0, 0.05) is 36.8 Å². The summed E-state index contributed by atoms with van der Waals surface area (Å²) in [6, 6.07) is 13.0. The quantitative estimate of drug-likeness (QED) is 0.669. The molecule has 27 heavy (non-hydrogen) atoms. The van der Waals surface area contributed by atoms with Gasteiger partial charge in [0.25, 0.3) is 0 Å². The summed E-state index contributed by atoms with van der Waals surface area (Å²) in [6.07, 6.45) is 2.15. The lowest BCUT2D eigenvalue weighted by atomic mass is 10.1. The fourth-order valence-electron chi connectivity index (χ4n) is 3.01. The van der Waals surface area contributed by atoms with Gasteiger partial charge in [-0.1, -0.05) is 41.9 Å². The Labute approximate surface area is 161 Å². The van der Waals surface area contributed by atoms with Crippen LogP contribution in [0.5, 0.6) is 0 Å². The van der Waals surface area contributed by atoms with Crippen LogP contribution >= 0.6 is 11.6 Å². The average molecular weight is 404 g/mol. The van der Waals surface area contributed by atoms with Crippen LogP contribution < -0.4 is 0 Å². The van der Waals surface area contributed by atoms with E-state index in [2.05, 4.69) is 9.97 Å². The third kappa shape index (κ3) is 3.45. The van der Waals surface area contributed by atoms with Gasteiger partial charge < -0.3 is 0 Å². The highest BCUT2D eigenvalue weighted by Gasteiger charge is 2.29. The van der Waals surface area contributed by atoms with Gasteiger partial charge in [0.1, 0.15) is 5.82 Å². The summed E-state index contributed by atoms with van der Waals surface area (Å²) in [5, 5.41) is -0.218. The Bertz CT molecular complexity index is 1110. The molecule has 3 aromatic rings. The van der Waals surface area contributed by atoms with Gasteiger partial charge in [0.05, 0.1) is 15.6 Å². The second-order valence-electron chi connectivity index (χ2n) is 6.20. The van der Waals surface area contributed by atoms with Crippen molar-refractivity contribution in [3.05, 3.63) is 76.8 Å². The lowest BCUT2D eigenvalue weighted by molar-refractivity contribution is 0.387. The molecule has 5 nitrogen and oxygen atoms in total. The van der Waals surface area contributed by atoms with Crippen molar-refractivity contribution in [2.24, 2.45) is 0 Å². The molecule has 2 aromatic carbocycles. The smallest absolute Gasteiger partial charge is 0.236 e. The van der Waals surface area contributed by atoms with Gasteiger partial charge in [-0.15, -0.1) is 0 Å². The van der Waals surface area contributed by atoms with Crippen molar-refractivity contribution in [2.45, 2.75) is 17.9 Å². The van der Waals surface area contributed by atoms with Crippen LogP contribution in [0.15, 0.2) is 59.6 Å². The molecule has 2 heterocycles. The summed E-state index contributed by atoms with van der Waals surface area (Å²) in [7, 11) is -3.78. The number of hydrogen-bond donors (Lipinski definition) is 0. The molecule has 0 N–H and O–H groups in total. The molecule has 0 spiro atoms. The second kappa shape index (κ2) is 6.99. The number of nitrogens with zero attached hydrogens (tertiary/aromatic N) is 3. The minimum Gasteiger partial charge on any atom is -0.236 e. The molecule has 1 aliphatic rings. The molecule has 0 bridgehead atoms. The fraction of sp³-hybridized carbons (Fsp3) is 0.158. The lowest BCUT2D eigenvalue weighted by Gasteiger charge is -2.27. The largest absolute Gasteiger partial charge is 0.243 e. The van der Waals surface area contributed by atoms with Crippen LogP contribution in [-0.2, 0) is 23.0 Å². The molecule has 0 saturated carbocycles. The Balaban J connectivity index is 1.62. The zero-order valence-electron chi connectivity index (χ0n) is 14.1. The number of hydrogen-bond acceptors (Lipinski definition) is 4. The molecule has 0 unspecified atom stereocenters. The summed E-state index contributed by atoms with van der Waals surface area (Å²) in [6.45, 7) is 0.456. The zero-order chi connectivity index (χ0) is 19.0. The van der Waals surface area contributed by atoms with Crippen molar-refractivity contribution in [3.63, 3.8) is 0 Å². The van der Waals surface area contributed by atoms with Crippen LogP contribution in [0.3, 0.4) is 0 Å². The highest BCUT2D eigenvalue weighted by Crippen LogP contribution is 2.27. The third-order valence-corrected chi connectivity index (χ3v) is 6.59. The summed E-state index contributed by atoms with van der Waals surface area (Å²) in [5.41, 5.74) is 2.52. The number of fused-ring (bicyclic) bond motifs is 1. The molecular weight excluding hydrogens is 389 g/mol. The van der Waals surface area contributed by atoms with Crippen molar-refractivity contribution >= 4 is 21.6 Å². The van der Waals surface area contributed by atoms with E-state index in [1.54, 1.807) is 6.20 Å². The predicted octanol–water partition coefficient (Wildman–Crippen LogP) is 3.68. The van der Waals surface area contributed by atoms with E-state index in [0.29, 0.717) is 12.2 Å². The van der Waals surface area contributed by atoms with Crippen LogP contribution in [0.4, 0.5) is 4.39 Å². The fourth-order valence-corrected chi connectivity index (χ4v) is 4.70. The Morgan fingerprint density at radius 3 is 2.63 bits per heavy atom. The number of aromatic nitrogens is 2. The maximum atomic E-state index is 13.3. The molecule has 138 valence electrons. The van der Waals surface area contributed by atoms with Gasteiger partial charge in [-0.05, 0) is 18.2 Å². The third-order valence-electron chi connectivity index (χ3n) is 4.46. The molecule has 4 rings (SSSR count). The molecule has 8 heteroatoms. The SMILES string of the molecule is O=S(=O)(c1ccc(F)c(Cl)c1)N1CCc2nc(-c3ccccc3)ncc2C1. The molecule has 1 aromatic heterocycles. The first-order valence-corrected chi connectivity index (χ1v) is 10.1. The number of sulfonamides is 1. The van der Waals surface area contributed by atoms with Crippen LogP contribution in [-0.4, -0.2) is 29.2 Å². The number of benzene rings is 2. The first kappa shape index (κ1) is 18.0. The van der Waals surface area contributed by atoms with Crippen molar-refractivity contribution < 1.29 is 12.8 Å². The van der Waals surface area contributed by atoms with Gasteiger partial charge in [-0.3, -0.25) is 0 Å². The summed E-state index contributed by atoms with van der Waals surface area (Å²) in [5.74, 6) is -0.0302. The maximum Gasteiger partial charge on any atom is 0.243 e. The molecule has 0 fully saturated rings. The summed E-state index contributed by atoms with van der Waals surface area (Å²) >= 11 is 5.74. The van der Waals surface area contributed by atoms with Crippen molar-refractivity contribution in [3.8, 4) is 11.4 Å². The van der Waals surface area contributed by atoms with Crippen molar-refractivity contribution in [1.29, 1.82) is 0 Å². The van der Waals surface area contributed by atoms with Crippen molar-refractivity contribution in [1.82, 2.24) is 14.3 Å². The topological polar surface area (TPSA) is 63.2 Å². The van der Waals surface area contributed by atoms with E-state index in [1.807, 2.05) is 30.3 Å². The molecule has 0 radical (unpaired) electrons. The normalized spacial score (nSPS) is 14.7. The number of halogens is 2. The highest BCUT2D eigenvalue weighted by atomic mass is 35.5. The zero-order valence-corrected chi connectivity index (χ0v) is 15.7. The Hall–Kier alpha value is -2.35. The minimum atomic E-state index is -3.78. The average Bonchev–Trinajstić information content (AvgIpc) is 2.69. The van der Waals surface area contributed by atoms with Crippen LogP contribution in [0.1, 0.15) is 11.3 Å². The molecule has 0 saturated heterocycles. The lowest BCUT2D eigenvalue weighted by Crippen LogP contribution is -2.36. The Morgan fingerprint density at radius 2 is 1.89 bits per heavy atom. The van der Waals surface area contributed by atoms with Crippen LogP contribution in [0, 0.1) is 5.82 Å². The van der Waals surface area contributed by atoms with Crippen LogP contribution in [0.25, 0.3) is 11.4 Å². The molecular formula is C19H15ClFN3O2S. The van der Waals surface area contributed by atoms with Crippen LogP contribution in [0.2, 0.25) is 5.02 Å². The molecule has 0 atom stereocenters. The van der Waals surface area contributed by atoms with E-state index >= 15 is 0 Å². The number of rotatable bonds is 3. The van der Waals surface area contributed by atoms with Gasteiger partial charge in [-0.25, -0.2) is 22.8 Å².